The summed E-state index contributed by atoms with van der Waals surface area (Å²) < 4.78 is 0. The van der Waals surface area contributed by atoms with Crippen LogP contribution < -0.4 is 4.90 Å². The molecule has 0 bridgehead atoms. The molecule has 0 radical (unpaired) electrons. The number of carbonyl (C=O) groups is 2. The lowest BCUT2D eigenvalue weighted by molar-refractivity contribution is -0.385. The van der Waals surface area contributed by atoms with Crippen LogP contribution in [-0.4, -0.2) is 48.2 Å². The first kappa shape index (κ1) is 15.0. The molecule has 0 atom stereocenters. The molecule has 1 aromatic rings. The van der Waals surface area contributed by atoms with E-state index in [1.165, 1.54) is 12.1 Å². The maximum absolute atomic E-state index is 11.4. The summed E-state index contributed by atoms with van der Waals surface area (Å²) in [5, 5.41) is 10.8. The quantitative estimate of drug-likeness (QED) is 0.478. The standard InChI is InChI=1S/C14H17N3O4/c1-11(19)15-5-2-6-16(8-7-15)13-3-4-14(17(20)21)12(9-13)10-18/h3-4,9-10H,2,5-8H2,1H3. The van der Waals surface area contributed by atoms with Gasteiger partial charge in [0.15, 0.2) is 6.29 Å². The molecule has 1 aliphatic rings. The molecule has 7 nitrogen and oxygen atoms in total. The third-order valence-electron chi connectivity index (χ3n) is 3.64. The second kappa shape index (κ2) is 6.34. The molecule has 0 N–H and O–H groups in total. The van der Waals surface area contributed by atoms with Crippen molar-refractivity contribution in [1.82, 2.24) is 4.90 Å². The van der Waals surface area contributed by atoms with Crippen LogP contribution in [0, 0.1) is 10.1 Å². The molecule has 1 heterocycles. The Bertz CT molecular complexity index is 573. The summed E-state index contributed by atoms with van der Waals surface area (Å²) in [5.41, 5.74) is 0.659. The average Bonchev–Trinajstić information content (AvgIpc) is 2.72. The molecule has 0 aliphatic carbocycles. The van der Waals surface area contributed by atoms with E-state index in [-0.39, 0.29) is 17.2 Å². The number of rotatable bonds is 3. The van der Waals surface area contributed by atoms with Gasteiger partial charge in [0.2, 0.25) is 5.91 Å². The SMILES string of the molecule is CC(=O)N1CCCN(c2ccc([N+](=O)[O-])c(C=O)c2)CC1. The van der Waals surface area contributed by atoms with Gasteiger partial charge >= 0.3 is 0 Å². The van der Waals surface area contributed by atoms with E-state index >= 15 is 0 Å². The second-order valence-corrected chi connectivity index (χ2v) is 4.96. The molecule has 0 aromatic heterocycles. The summed E-state index contributed by atoms with van der Waals surface area (Å²) in [7, 11) is 0. The highest BCUT2D eigenvalue weighted by molar-refractivity contribution is 5.83. The Labute approximate surface area is 122 Å². The van der Waals surface area contributed by atoms with Crippen molar-refractivity contribution >= 4 is 23.6 Å². The summed E-state index contributed by atoms with van der Waals surface area (Å²) >= 11 is 0. The average molecular weight is 291 g/mol. The molecule has 1 saturated heterocycles. The summed E-state index contributed by atoms with van der Waals surface area (Å²) in [5.74, 6) is 0.0501. The number of amides is 1. The minimum atomic E-state index is -0.562. The molecule has 2 rings (SSSR count). The Hall–Kier alpha value is -2.44. The lowest BCUT2D eigenvalue weighted by Crippen LogP contribution is -2.33. The molecule has 21 heavy (non-hydrogen) atoms. The molecule has 1 aliphatic heterocycles. The Balaban J connectivity index is 2.20. The maximum atomic E-state index is 11.4. The highest BCUT2D eigenvalue weighted by atomic mass is 16.6. The van der Waals surface area contributed by atoms with Crippen molar-refractivity contribution in [1.29, 1.82) is 0 Å². The van der Waals surface area contributed by atoms with Crippen LogP contribution in [0.4, 0.5) is 11.4 Å². The van der Waals surface area contributed by atoms with E-state index in [9.17, 15) is 19.7 Å². The van der Waals surface area contributed by atoms with E-state index in [1.807, 2.05) is 4.90 Å². The number of carbonyl (C=O) groups excluding carboxylic acids is 2. The van der Waals surface area contributed by atoms with Gasteiger partial charge in [-0.05, 0) is 18.6 Å². The first-order valence-corrected chi connectivity index (χ1v) is 6.77. The Kier molecular flexibility index (Phi) is 4.52. The number of nitro groups is 1. The molecular formula is C14H17N3O4. The van der Waals surface area contributed by atoms with Crippen LogP contribution in [0.15, 0.2) is 18.2 Å². The summed E-state index contributed by atoms with van der Waals surface area (Å²) in [6, 6.07) is 4.54. The van der Waals surface area contributed by atoms with Crippen molar-refractivity contribution in [2.24, 2.45) is 0 Å². The van der Waals surface area contributed by atoms with Crippen molar-refractivity contribution in [2.75, 3.05) is 31.1 Å². The number of hydrogen-bond acceptors (Lipinski definition) is 5. The van der Waals surface area contributed by atoms with Crippen LogP contribution >= 0.6 is 0 Å². The fourth-order valence-electron chi connectivity index (χ4n) is 2.49. The van der Waals surface area contributed by atoms with Crippen molar-refractivity contribution < 1.29 is 14.5 Å². The van der Waals surface area contributed by atoms with Gasteiger partial charge in [-0.1, -0.05) is 0 Å². The Morgan fingerprint density at radius 1 is 1.29 bits per heavy atom. The predicted molar refractivity (Wildman–Crippen MR) is 77.6 cm³/mol. The lowest BCUT2D eigenvalue weighted by atomic mass is 10.1. The Morgan fingerprint density at radius 3 is 2.67 bits per heavy atom. The first-order chi connectivity index (χ1) is 10.0. The number of benzene rings is 1. The van der Waals surface area contributed by atoms with E-state index in [4.69, 9.17) is 0 Å². The predicted octanol–water partition coefficient (Wildman–Crippen LogP) is 1.47. The molecule has 0 saturated carbocycles. The molecule has 1 amide bonds. The van der Waals surface area contributed by atoms with Crippen LogP contribution in [0.3, 0.4) is 0 Å². The van der Waals surface area contributed by atoms with E-state index in [0.717, 1.165) is 18.7 Å². The third-order valence-corrected chi connectivity index (χ3v) is 3.64. The van der Waals surface area contributed by atoms with Gasteiger partial charge in [-0.25, -0.2) is 0 Å². The fraction of sp³-hybridized carbons (Fsp3) is 0.429. The summed E-state index contributed by atoms with van der Waals surface area (Å²) in [4.78, 5) is 36.5. The molecule has 112 valence electrons. The van der Waals surface area contributed by atoms with E-state index in [1.54, 1.807) is 17.9 Å². The summed E-state index contributed by atoms with van der Waals surface area (Å²) in [6.45, 7) is 4.27. The van der Waals surface area contributed by atoms with Gasteiger partial charge in [0, 0.05) is 44.9 Å². The molecule has 0 spiro atoms. The highest BCUT2D eigenvalue weighted by Crippen LogP contribution is 2.24. The van der Waals surface area contributed by atoms with Crippen molar-refractivity contribution in [2.45, 2.75) is 13.3 Å². The van der Waals surface area contributed by atoms with Crippen LogP contribution in [0.1, 0.15) is 23.7 Å². The van der Waals surface area contributed by atoms with Gasteiger partial charge in [-0.3, -0.25) is 19.7 Å². The second-order valence-electron chi connectivity index (χ2n) is 4.96. The number of anilines is 1. The first-order valence-electron chi connectivity index (χ1n) is 6.77. The monoisotopic (exact) mass is 291 g/mol. The van der Waals surface area contributed by atoms with Crippen LogP contribution in [0.2, 0.25) is 0 Å². The smallest absolute Gasteiger partial charge is 0.280 e. The van der Waals surface area contributed by atoms with Gasteiger partial charge in [0.25, 0.3) is 5.69 Å². The minimum absolute atomic E-state index is 0.0501. The summed E-state index contributed by atoms with van der Waals surface area (Å²) in [6.07, 6.45) is 1.33. The molecule has 1 aromatic carbocycles. The van der Waals surface area contributed by atoms with Crippen molar-refractivity contribution in [3.8, 4) is 0 Å². The van der Waals surface area contributed by atoms with Gasteiger partial charge in [-0.15, -0.1) is 0 Å². The number of nitrogens with zero attached hydrogens (tertiary/aromatic N) is 3. The normalized spacial score (nSPS) is 15.5. The minimum Gasteiger partial charge on any atom is -0.370 e. The number of aldehydes is 1. The Morgan fingerprint density at radius 2 is 2.05 bits per heavy atom. The topological polar surface area (TPSA) is 83.8 Å². The molecule has 1 fully saturated rings. The van der Waals surface area contributed by atoms with Gasteiger partial charge in [0.1, 0.15) is 0 Å². The fourth-order valence-corrected chi connectivity index (χ4v) is 2.49. The number of nitro benzene ring substituents is 1. The van der Waals surface area contributed by atoms with Crippen molar-refractivity contribution in [3.63, 3.8) is 0 Å². The zero-order valence-corrected chi connectivity index (χ0v) is 11.8. The van der Waals surface area contributed by atoms with E-state index < -0.39 is 4.92 Å². The lowest BCUT2D eigenvalue weighted by Gasteiger charge is -2.23. The zero-order chi connectivity index (χ0) is 15.4. The van der Waals surface area contributed by atoms with Gasteiger partial charge in [-0.2, -0.15) is 0 Å². The molecule has 0 unspecified atom stereocenters. The third kappa shape index (κ3) is 3.36. The van der Waals surface area contributed by atoms with Crippen LogP contribution in [-0.2, 0) is 4.79 Å². The van der Waals surface area contributed by atoms with Crippen LogP contribution in [0.25, 0.3) is 0 Å². The van der Waals surface area contributed by atoms with Crippen LogP contribution in [0.5, 0.6) is 0 Å². The van der Waals surface area contributed by atoms with Gasteiger partial charge < -0.3 is 9.80 Å². The van der Waals surface area contributed by atoms with E-state index in [0.29, 0.717) is 25.9 Å². The highest BCUT2D eigenvalue weighted by Gasteiger charge is 2.19. The largest absolute Gasteiger partial charge is 0.370 e. The van der Waals surface area contributed by atoms with E-state index in [2.05, 4.69) is 0 Å². The molecule has 7 heteroatoms. The number of hydrogen-bond donors (Lipinski definition) is 0. The van der Waals surface area contributed by atoms with Gasteiger partial charge in [0.05, 0.1) is 10.5 Å². The zero-order valence-electron chi connectivity index (χ0n) is 11.8. The van der Waals surface area contributed by atoms with Crippen molar-refractivity contribution in [3.05, 3.63) is 33.9 Å². The molecular weight excluding hydrogens is 274 g/mol. The maximum Gasteiger partial charge on any atom is 0.280 e.